The summed E-state index contributed by atoms with van der Waals surface area (Å²) in [6, 6.07) is 10.7. The molecule has 1 saturated heterocycles. The number of nitrogens with zero attached hydrogens (tertiary/aromatic N) is 3. The molecule has 1 aromatic heterocycles. The Kier molecular flexibility index (Phi) is 7.66. The van der Waals surface area contributed by atoms with Crippen LogP contribution in [-0.2, 0) is 13.0 Å². The number of halogens is 1. The van der Waals surface area contributed by atoms with Crippen LogP contribution in [-0.4, -0.2) is 46.8 Å². The number of benzene rings is 1. The number of amides is 1. The molecule has 5 nitrogen and oxygen atoms in total. The maximum Gasteiger partial charge on any atom is 0.257 e. The predicted molar refractivity (Wildman–Crippen MR) is 107 cm³/mol. The summed E-state index contributed by atoms with van der Waals surface area (Å²) in [5.41, 5.74) is 3.03. The van der Waals surface area contributed by atoms with E-state index >= 15 is 0 Å². The Labute approximate surface area is 162 Å². The highest BCUT2D eigenvalue weighted by Crippen LogP contribution is 2.19. The third kappa shape index (κ3) is 4.65. The molecular weight excluding hydrogens is 348 g/mol. The molecule has 142 valence electrons. The maximum atomic E-state index is 13.1. The Hall–Kier alpha value is -1.85. The molecule has 1 N–H and O–H groups in total. The topological polar surface area (TPSA) is 50.2 Å². The molecule has 1 aliphatic heterocycles. The molecule has 1 unspecified atom stereocenters. The molecule has 0 radical (unpaired) electrons. The number of carbonyl (C=O) groups excluding carboxylic acids is 1. The normalized spacial score (nSPS) is 17.0. The summed E-state index contributed by atoms with van der Waals surface area (Å²) in [5, 5.41) is 7.84. The Morgan fingerprint density at radius 3 is 2.77 bits per heavy atom. The van der Waals surface area contributed by atoms with Crippen molar-refractivity contribution in [2.24, 2.45) is 0 Å². The first-order valence-corrected chi connectivity index (χ1v) is 9.28. The number of likely N-dealkylation sites (N-methyl/N-ethyl adjacent to an activating group) is 1. The minimum Gasteiger partial charge on any atom is -0.337 e. The lowest BCUT2D eigenvalue weighted by atomic mass is 10.0. The molecule has 0 aliphatic carbocycles. The molecule has 2 aromatic rings. The van der Waals surface area contributed by atoms with Crippen molar-refractivity contribution in [3.8, 4) is 0 Å². The summed E-state index contributed by atoms with van der Waals surface area (Å²) in [4.78, 5) is 15.0. The summed E-state index contributed by atoms with van der Waals surface area (Å²) in [7, 11) is 1.97. The molecule has 0 spiro atoms. The number of nitrogens with one attached hydrogen (secondary N) is 1. The van der Waals surface area contributed by atoms with Gasteiger partial charge in [0.1, 0.15) is 0 Å². The van der Waals surface area contributed by atoms with Gasteiger partial charge in [-0.05, 0) is 31.9 Å². The number of aromatic nitrogens is 2. The summed E-state index contributed by atoms with van der Waals surface area (Å²) in [5.74, 6) is 0.128. The fourth-order valence-corrected chi connectivity index (χ4v) is 3.55. The van der Waals surface area contributed by atoms with Crippen LogP contribution in [0, 0.1) is 0 Å². The first-order valence-electron chi connectivity index (χ1n) is 9.28. The lowest BCUT2D eigenvalue weighted by Crippen LogP contribution is -2.47. The lowest BCUT2D eigenvalue weighted by molar-refractivity contribution is 0.0697. The largest absolute Gasteiger partial charge is 0.337 e. The second kappa shape index (κ2) is 9.74. The second-order valence-electron chi connectivity index (χ2n) is 6.78. The van der Waals surface area contributed by atoms with Gasteiger partial charge in [0, 0.05) is 19.1 Å². The van der Waals surface area contributed by atoms with E-state index in [0.29, 0.717) is 12.6 Å². The van der Waals surface area contributed by atoms with Crippen LogP contribution in [0.25, 0.3) is 0 Å². The standard InChI is InChI=1S/C20H28N4O.ClH/c1-3-8-19-18(20(25)23-12-7-11-17(15-23)21-2)13-22-24(19)14-16-9-5-4-6-10-16;/h4-6,9-10,13,17,21H,3,7-8,11-12,14-15H2,1-2H3;1H. The van der Waals surface area contributed by atoms with Crippen LogP contribution >= 0.6 is 12.4 Å². The Bertz CT molecular complexity index is 701. The summed E-state index contributed by atoms with van der Waals surface area (Å²) < 4.78 is 1.99. The third-order valence-electron chi connectivity index (χ3n) is 4.96. The molecule has 1 aromatic carbocycles. The van der Waals surface area contributed by atoms with Crippen molar-refractivity contribution < 1.29 is 4.79 Å². The van der Waals surface area contributed by atoms with Crippen molar-refractivity contribution in [2.75, 3.05) is 20.1 Å². The van der Waals surface area contributed by atoms with Crippen LogP contribution in [0.3, 0.4) is 0 Å². The molecule has 1 aliphatic rings. The van der Waals surface area contributed by atoms with Gasteiger partial charge in [-0.25, -0.2) is 0 Å². The van der Waals surface area contributed by atoms with Gasteiger partial charge >= 0.3 is 0 Å². The fraction of sp³-hybridized carbons (Fsp3) is 0.500. The molecular formula is C20H29ClN4O. The fourth-order valence-electron chi connectivity index (χ4n) is 3.55. The average molecular weight is 377 g/mol. The Balaban J connectivity index is 0.00000243. The number of likely N-dealkylation sites (tertiary alicyclic amines) is 1. The van der Waals surface area contributed by atoms with E-state index in [1.54, 1.807) is 6.20 Å². The molecule has 3 rings (SSSR count). The van der Waals surface area contributed by atoms with Crippen LogP contribution < -0.4 is 5.32 Å². The van der Waals surface area contributed by atoms with Crippen molar-refractivity contribution in [3.63, 3.8) is 0 Å². The zero-order chi connectivity index (χ0) is 17.6. The number of piperidine rings is 1. The third-order valence-corrected chi connectivity index (χ3v) is 4.96. The van der Waals surface area contributed by atoms with E-state index in [1.165, 1.54) is 5.56 Å². The van der Waals surface area contributed by atoms with Gasteiger partial charge in [0.25, 0.3) is 5.91 Å². The second-order valence-corrected chi connectivity index (χ2v) is 6.78. The van der Waals surface area contributed by atoms with Crippen LogP contribution in [0.5, 0.6) is 0 Å². The summed E-state index contributed by atoms with van der Waals surface area (Å²) >= 11 is 0. The van der Waals surface area contributed by atoms with Gasteiger partial charge in [0.15, 0.2) is 0 Å². The SMILES string of the molecule is CCCc1c(C(=O)N2CCCC(NC)C2)cnn1Cc1ccccc1.Cl. The van der Waals surface area contributed by atoms with Crippen molar-refractivity contribution in [2.45, 2.75) is 45.2 Å². The van der Waals surface area contributed by atoms with Crippen molar-refractivity contribution >= 4 is 18.3 Å². The minimum atomic E-state index is 0. The molecule has 1 fully saturated rings. The van der Waals surface area contributed by atoms with Crippen LogP contribution in [0.2, 0.25) is 0 Å². The quantitative estimate of drug-likeness (QED) is 0.842. The Morgan fingerprint density at radius 1 is 1.31 bits per heavy atom. The first-order chi connectivity index (χ1) is 12.2. The monoisotopic (exact) mass is 376 g/mol. The molecule has 2 heterocycles. The van der Waals surface area contributed by atoms with E-state index in [2.05, 4.69) is 29.5 Å². The van der Waals surface area contributed by atoms with Crippen LogP contribution in [0.15, 0.2) is 36.5 Å². The molecule has 1 amide bonds. The Morgan fingerprint density at radius 2 is 2.08 bits per heavy atom. The molecule has 0 saturated carbocycles. The number of hydrogen-bond donors (Lipinski definition) is 1. The predicted octanol–water partition coefficient (Wildman–Crippen LogP) is 3.13. The van der Waals surface area contributed by atoms with Gasteiger partial charge in [-0.15, -0.1) is 12.4 Å². The van der Waals surface area contributed by atoms with Gasteiger partial charge in [-0.3, -0.25) is 9.48 Å². The van der Waals surface area contributed by atoms with Gasteiger partial charge in [0.2, 0.25) is 0 Å². The lowest BCUT2D eigenvalue weighted by Gasteiger charge is -2.32. The van der Waals surface area contributed by atoms with Crippen molar-refractivity contribution in [3.05, 3.63) is 53.3 Å². The van der Waals surface area contributed by atoms with E-state index in [0.717, 1.165) is 50.0 Å². The van der Waals surface area contributed by atoms with E-state index in [1.807, 2.05) is 34.8 Å². The van der Waals surface area contributed by atoms with E-state index in [-0.39, 0.29) is 18.3 Å². The highest BCUT2D eigenvalue weighted by atomic mass is 35.5. The maximum absolute atomic E-state index is 13.1. The van der Waals surface area contributed by atoms with Crippen molar-refractivity contribution in [1.82, 2.24) is 20.0 Å². The van der Waals surface area contributed by atoms with Gasteiger partial charge in [-0.2, -0.15) is 5.10 Å². The highest BCUT2D eigenvalue weighted by molar-refractivity contribution is 5.95. The highest BCUT2D eigenvalue weighted by Gasteiger charge is 2.26. The van der Waals surface area contributed by atoms with Gasteiger partial charge < -0.3 is 10.2 Å². The number of hydrogen-bond acceptors (Lipinski definition) is 3. The van der Waals surface area contributed by atoms with E-state index in [4.69, 9.17) is 0 Å². The van der Waals surface area contributed by atoms with Gasteiger partial charge in [-0.1, -0.05) is 43.7 Å². The smallest absolute Gasteiger partial charge is 0.257 e. The van der Waals surface area contributed by atoms with Crippen LogP contribution in [0.4, 0.5) is 0 Å². The summed E-state index contributed by atoms with van der Waals surface area (Å²) in [6.07, 6.45) is 5.82. The minimum absolute atomic E-state index is 0. The van der Waals surface area contributed by atoms with Gasteiger partial charge in [0.05, 0.1) is 24.0 Å². The molecule has 0 bridgehead atoms. The zero-order valence-electron chi connectivity index (χ0n) is 15.6. The first kappa shape index (κ1) is 20.5. The molecule has 26 heavy (non-hydrogen) atoms. The van der Waals surface area contributed by atoms with E-state index in [9.17, 15) is 4.79 Å². The molecule has 6 heteroatoms. The number of carbonyl (C=O) groups is 1. The van der Waals surface area contributed by atoms with E-state index < -0.39 is 0 Å². The zero-order valence-corrected chi connectivity index (χ0v) is 16.5. The van der Waals surface area contributed by atoms with Crippen LogP contribution in [0.1, 0.15) is 47.8 Å². The summed E-state index contributed by atoms with van der Waals surface area (Å²) in [6.45, 7) is 4.48. The van der Waals surface area contributed by atoms with Crippen molar-refractivity contribution in [1.29, 1.82) is 0 Å². The number of rotatable bonds is 6. The average Bonchev–Trinajstić information content (AvgIpc) is 3.05. The molecule has 1 atom stereocenters.